The van der Waals surface area contributed by atoms with Crippen molar-refractivity contribution in [2.45, 2.75) is 294 Å². The van der Waals surface area contributed by atoms with E-state index in [1.807, 2.05) is 55.4 Å². The maximum atomic E-state index is 13.6. The van der Waals surface area contributed by atoms with Gasteiger partial charge in [-0.3, -0.25) is 24.0 Å². The Kier molecular flexibility index (Phi) is 40.8. The molecule has 0 aromatic rings. The third-order valence-electron chi connectivity index (χ3n) is 13.7. The molecule has 73 heavy (non-hydrogen) atoms. The van der Waals surface area contributed by atoms with Gasteiger partial charge in [0.2, 0.25) is 29.5 Å². The number of nitrogens with one attached hydrogen (secondary N) is 5. The highest BCUT2D eigenvalue weighted by Gasteiger charge is 2.29. The normalized spacial score (nSPS) is 12.7. The Morgan fingerprint density at radius 3 is 1.11 bits per heavy atom. The quantitative estimate of drug-likeness (QED) is 0.0379. The third-order valence-corrected chi connectivity index (χ3v) is 13.7. The highest BCUT2D eigenvalue weighted by atomic mass is 16.5. The second kappa shape index (κ2) is 42.4. The number of amides is 5. The first kappa shape index (κ1) is 70.3. The molecule has 430 valence electrons. The van der Waals surface area contributed by atoms with Crippen LogP contribution in [0.25, 0.3) is 0 Å². The summed E-state index contributed by atoms with van der Waals surface area (Å²) in [6.07, 6.45) is 34.8. The second-order valence-electron chi connectivity index (χ2n) is 25.3. The van der Waals surface area contributed by atoms with Gasteiger partial charge in [0.05, 0.1) is 25.4 Å². The van der Waals surface area contributed by atoms with E-state index >= 15 is 0 Å². The molecule has 12 nitrogen and oxygen atoms in total. The van der Waals surface area contributed by atoms with Crippen LogP contribution in [0.2, 0.25) is 0 Å². The van der Waals surface area contributed by atoms with Crippen molar-refractivity contribution in [1.29, 1.82) is 0 Å². The lowest BCUT2D eigenvalue weighted by atomic mass is 9.92. The van der Waals surface area contributed by atoms with Crippen LogP contribution in [-0.2, 0) is 33.4 Å². The Hall–Kier alpha value is -2.73. The third kappa shape index (κ3) is 45.2. The Morgan fingerprint density at radius 1 is 0.397 bits per heavy atom. The van der Waals surface area contributed by atoms with E-state index in [-0.39, 0.29) is 60.1 Å². The summed E-state index contributed by atoms with van der Waals surface area (Å²) in [5, 5.41) is 15.1. The van der Waals surface area contributed by atoms with Gasteiger partial charge < -0.3 is 36.1 Å². The summed E-state index contributed by atoms with van der Waals surface area (Å²) >= 11 is 0. The van der Waals surface area contributed by atoms with Crippen LogP contribution in [0.15, 0.2) is 0 Å². The van der Waals surface area contributed by atoms with Gasteiger partial charge in [-0.25, -0.2) is 0 Å². The molecule has 5 amide bonds. The molecule has 0 spiro atoms. The topological polar surface area (TPSA) is 164 Å². The highest BCUT2D eigenvalue weighted by Crippen LogP contribution is 2.22. The van der Waals surface area contributed by atoms with Crippen LogP contribution in [-0.4, -0.2) is 87.2 Å². The van der Waals surface area contributed by atoms with E-state index in [9.17, 15) is 24.0 Å². The molecule has 0 aliphatic heterocycles. The minimum Gasteiger partial charge on any atom is -0.380 e. The van der Waals surface area contributed by atoms with Crippen molar-refractivity contribution >= 4 is 29.5 Å². The van der Waals surface area contributed by atoms with Crippen molar-refractivity contribution < 1.29 is 33.4 Å². The molecule has 0 bridgehead atoms. The zero-order chi connectivity index (χ0) is 54.9. The van der Waals surface area contributed by atoms with Gasteiger partial charge in [0, 0.05) is 68.1 Å². The number of hydrogen-bond acceptors (Lipinski definition) is 7. The maximum Gasteiger partial charge on any atom is 0.242 e. The van der Waals surface area contributed by atoms with Crippen LogP contribution in [0.1, 0.15) is 282 Å². The van der Waals surface area contributed by atoms with Crippen LogP contribution in [0.4, 0.5) is 0 Å². The molecule has 0 rings (SSSR count). The number of ether oxygens (including phenoxy) is 2. The van der Waals surface area contributed by atoms with Crippen LogP contribution >= 0.6 is 0 Å². The lowest BCUT2D eigenvalue weighted by molar-refractivity contribution is -0.130. The Morgan fingerprint density at radius 2 is 0.726 bits per heavy atom. The van der Waals surface area contributed by atoms with E-state index in [0.717, 1.165) is 25.7 Å². The number of unbranched alkanes of at least 4 members (excludes halogenated alkanes) is 24. The lowest BCUT2D eigenvalue weighted by Crippen LogP contribution is -2.50. The van der Waals surface area contributed by atoms with Crippen molar-refractivity contribution in [2.24, 2.45) is 22.2 Å². The fraction of sp³-hybridized carbons (Fsp3) is 0.918. The van der Waals surface area contributed by atoms with Gasteiger partial charge in [0.15, 0.2) is 0 Å². The van der Waals surface area contributed by atoms with Gasteiger partial charge in [-0.15, -0.1) is 0 Å². The number of carbonyl (C=O) groups is 5. The van der Waals surface area contributed by atoms with Gasteiger partial charge in [-0.05, 0) is 39.0 Å². The molecule has 0 aromatic carbocycles. The molecule has 0 aliphatic carbocycles. The molecular weight excluding hydrogens is 915 g/mol. The Balaban J connectivity index is 4.62. The van der Waals surface area contributed by atoms with E-state index in [1.165, 1.54) is 141 Å². The average Bonchev–Trinajstić information content (AvgIpc) is 3.32. The molecule has 0 aliphatic rings. The second-order valence-corrected chi connectivity index (χ2v) is 25.3. The molecule has 0 fully saturated rings. The Labute approximate surface area is 449 Å². The van der Waals surface area contributed by atoms with Crippen LogP contribution in [0, 0.1) is 22.2 Å². The van der Waals surface area contributed by atoms with Gasteiger partial charge in [-0.2, -0.15) is 0 Å². The largest absolute Gasteiger partial charge is 0.380 e. The summed E-state index contributed by atoms with van der Waals surface area (Å²) in [5.41, 5.74) is -1.65. The summed E-state index contributed by atoms with van der Waals surface area (Å²) in [5.74, 6) is -0.514. The minimum atomic E-state index is -0.868. The fourth-order valence-electron chi connectivity index (χ4n) is 8.68. The highest BCUT2D eigenvalue weighted by molar-refractivity contribution is 5.88. The molecule has 1 atom stereocenters. The van der Waals surface area contributed by atoms with Gasteiger partial charge in [0.1, 0.15) is 6.04 Å². The van der Waals surface area contributed by atoms with Crippen LogP contribution in [0.5, 0.6) is 0 Å². The van der Waals surface area contributed by atoms with Crippen LogP contribution in [0.3, 0.4) is 0 Å². The first-order chi connectivity index (χ1) is 34.5. The van der Waals surface area contributed by atoms with Gasteiger partial charge in [-0.1, -0.05) is 223 Å². The fourth-order valence-corrected chi connectivity index (χ4v) is 8.68. The maximum absolute atomic E-state index is 13.6. The van der Waals surface area contributed by atoms with E-state index in [2.05, 4.69) is 54.3 Å². The molecule has 5 N–H and O–H groups in total. The van der Waals surface area contributed by atoms with E-state index in [1.54, 1.807) is 0 Å². The number of rotatable bonds is 50. The summed E-state index contributed by atoms with van der Waals surface area (Å²) in [7, 11) is 0. The molecule has 12 heteroatoms. The summed E-state index contributed by atoms with van der Waals surface area (Å²) in [4.78, 5) is 64.8. The molecule has 0 radical (unpaired) electrons. The molecular formula is C61H119N5O7. The number of carbonyl (C=O) groups excluding carboxylic acids is 5. The molecule has 0 heterocycles. The predicted octanol–water partition coefficient (Wildman–Crippen LogP) is 13.6. The van der Waals surface area contributed by atoms with E-state index in [0.29, 0.717) is 58.8 Å². The smallest absolute Gasteiger partial charge is 0.242 e. The first-order valence-electron chi connectivity index (χ1n) is 30.1. The van der Waals surface area contributed by atoms with Crippen molar-refractivity contribution in [2.75, 3.05) is 46.0 Å². The number of hydrogen-bond donors (Lipinski definition) is 5. The first-order valence-corrected chi connectivity index (χ1v) is 30.1. The SMILES string of the molecule is CCCCCCCCCCCCCCCC(=O)NCC(C)(C)COCC(C)(C)CNC(=O)[C@H](CCC(=O)NCC(C)(C)COC(C)(C)CNC(=O)CCCCCCCCCCCCCCC)NC(=O)CC(C)C. The van der Waals surface area contributed by atoms with E-state index < -0.39 is 22.5 Å². The van der Waals surface area contributed by atoms with Crippen molar-refractivity contribution in [3.8, 4) is 0 Å². The minimum absolute atomic E-state index is 0.0557. The summed E-state index contributed by atoms with van der Waals surface area (Å²) < 4.78 is 12.4. The zero-order valence-electron chi connectivity index (χ0n) is 49.9. The molecule has 0 aromatic heterocycles. The zero-order valence-corrected chi connectivity index (χ0v) is 49.9. The summed E-state index contributed by atoms with van der Waals surface area (Å²) in [6, 6.07) is -0.868. The van der Waals surface area contributed by atoms with Crippen LogP contribution < -0.4 is 26.6 Å². The average molecular weight is 1030 g/mol. The van der Waals surface area contributed by atoms with Gasteiger partial charge >= 0.3 is 0 Å². The lowest BCUT2D eigenvalue weighted by Gasteiger charge is -2.32. The van der Waals surface area contributed by atoms with Crippen molar-refractivity contribution in [1.82, 2.24) is 26.6 Å². The molecule has 0 saturated carbocycles. The van der Waals surface area contributed by atoms with Crippen molar-refractivity contribution in [3.05, 3.63) is 0 Å². The molecule has 0 unspecified atom stereocenters. The molecule has 0 saturated heterocycles. The van der Waals surface area contributed by atoms with Gasteiger partial charge in [0.25, 0.3) is 0 Å². The standard InChI is InChI=1S/C61H119N5O7/c1-13-15-17-19-21-23-25-27-29-31-33-35-37-39-53(67)62-44-58(5,6)48-72-49-59(7,8)46-65-57(71)52(66-56(70)43-51(3)4)41-42-55(69)63-45-60(9,10)50-73-61(11,12)47-64-54(68)40-38-36-34-32-30-28-26-24-22-20-18-16-14-2/h51-52H,13-50H2,1-12H3,(H,62,67)(H,63,69)(H,64,68)(H,65,71)(H,66,70)/t52-/m0/s1. The Bertz CT molecular complexity index is 1430. The summed E-state index contributed by atoms with van der Waals surface area (Å²) in [6.45, 7) is 27.4. The predicted molar refractivity (Wildman–Crippen MR) is 305 cm³/mol. The monoisotopic (exact) mass is 1030 g/mol. The van der Waals surface area contributed by atoms with Crippen molar-refractivity contribution in [3.63, 3.8) is 0 Å². The van der Waals surface area contributed by atoms with E-state index in [4.69, 9.17) is 9.47 Å².